The van der Waals surface area contributed by atoms with Gasteiger partial charge < -0.3 is 4.90 Å². The molecule has 26 heavy (non-hydrogen) atoms. The normalized spacial score (nSPS) is 16.3. The van der Waals surface area contributed by atoms with Crippen LogP contribution in [0.25, 0.3) is 4.96 Å². The van der Waals surface area contributed by atoms with E-state index in [0.29, 0.717) is 4.96 Å². The van der Waals surface area contributed by atoms with Crippen molar-refractivity contribution < 1.29 is 0 Å². The van der Waals surface area contributed by atoms with Crippen molar-refractivity contribution in [3.8, 4) is 0 Å². The molecule has 138 valence electrons. The standard InChI is InChI=1S/C17H22N6OS2/c1-2-4-13-9-15(24)23-16(19-13)26-17(20-23)22-6-3-5-21(7-8-22)10-14-11-25-12-18-14/h9,11-12H,2-8,10H2,1H3. The molecule has 0 bridgehead atoms. The van der Waals surface area contributed by atoms with Gasteiger partial charge in [-0.2, -0.15) is 4.52 Å². The van der Waals surface area contributed by atoms with Crippen molar-refractivity contribution in [1.29, 1.82) is 0 Å². The van der Waals surface area contributed by atoms with Crippen molar-refractivity contribution >= 4 is 32.8 Å². The number of aromatic nitrogens is 4. The minimum Gasteiger partial charge on any atom is -0.345 e. The van der Waals surface area contributed by atoms with E-state index in [-0.39, 0.29) is 5.56 Å². The van der Waals surface area contributed by atoms with Gasteiger partial charge in [-0.05, 0) is 12.8 Å². The summed E-state index contributed by atoms with van der Waals surface area (Å²) in [6, 6.07) is 1.61. The van der Waals surface area contributed by atoms with Crippen molar-refractivity contribution in [2.45, 2.75) is 32.7 Å². The van der Waals surface area contributed by atoms with E-state index >= 15 is 0 Å². The predicted octanol–water partition coefficient (Wildman–Crippen LogP) is 2.27. The van der Waals surface area contributed by atoms with E-state index in [2.05, 4.69) is 37.2 Å². The van der Waals surface area contributed by atoms with Crippen molar-refractivity contribution in [1.82, 2.24) is 24.5 Å². The van der Waals surface area contributed by atoms with E-state index in [1.54, 1.807) is 17.4 Å². The van der Waals surface area contributed by atoms with E-state index in [0.717, 1.165) is 68.5 Å². The number of hydrogen-bond acceptors (Lipinski definition) is 8. The zero-order valence-electron chi connectivity index (χ0n) is 14.8. The van der Waals surface area contributed by atoms with Crippen molar-refractivity contribution in [3.63, 3.8) is 0 Å². The lowest BCUT2D eigenvalue weighted by molar-refractivity contribution is 0.282. The molecule has 4 rings (SSSR count). The van der Waals surface area contributed by atoms with E-state index in [1.807, 2.05) is 5.51 Å². The fourth-order valence-electron chi connectivity index (χ4n) is 3.22. The van der Waals surface area contributed by atoms with E-state index < -0.39 is 0 Å². The Morgan fingerprint density at radius 3 is 2.92 bits per heavy atom. The van der Waals surface area contributed by atoms with Gasteiger partial charge in [-0.15, -0.1) is 16.4 Å². The van der Waals surface area contributed by atoms with Crippen LogP contribution in [0.5, 0.6) is 0 Å². The van der Waals surface area contributed by atoms with E-state index in [4.69, 9.17) is 0 Å². The molecule has 0 spiro atoms. The minimum atomic E-state index is -0.0825. The van der Waals surface area contributed by atoms with Gasteiger partial charge in [0, 0.05) is 49.9 Å². The van der Waals surface area contributed by atoms with E-state index in [1.165, 1.54) is 15.9 Å². The number of thiazole rings is 1. The van der Waals surface area contributed by atoms with Gasteiger partial charge in [-0.25, -0.2) is 9.97 Å². The van der Waals surface area contributed by atoms with Gasteiger partial charge in [0.15, 0.2) is 0 Å². The molecule has 0 saturated carbocycles. The third kappa shape index (κ3) is 3.79. The molecule has 0 aliphatic carbocycles. The maximum atomic E-state index is 12.3. The highest BCUT2D eigenvalue weighted by Crippen LogP contribution is 2.23. The number of aryl methyl sites for hydroxylation is 1. The van der Waals surface area contributed by atoms with Crippen LogP contribution in [0.1, 0.15) is 31.2 Å². The Labute approximate surface area is 159 Å². The maximum absolute atomic E-state index is 12.3. The lowest BCUT2D eigenvalue weighted by Crippen LogP contribution is -2.30. The molecule has 0 N–H and O–H groups in total. The smallest absolute Gasteiger partial charge is 0.275 e. The topological polar surface area (TPSA) is 66.6 Å². The summed E-state index contributed by atoms with van der Waals surface area (Å²) in [4.78, 5) is 26.7. The molecule has 0 atom stereocenters. The summed E-state index contributed by atoms with van der Waals surface area (Å²) in [5.74, 6) is 0. The van der Waals surface area contributed by atoms with Crippen LogP contribution in [-0.2, 0) is 13.0 Å². The molecule has 0 radical (unpaired) electrons. The summed E-state index contributed by atoms with van der Waals surface area (Å²) in [6.45, 7) is 6.87. The highest BCUT2D eigenvalue weighted by molar-refractivity contribution is 7.20. The van der Waals surface area contributed by atoms with Gasteiger partial charge in [0.2, 0.25) is 10.1 Å². The number of hydrogen-bond donors (Lipinski definition) is 0. The number of nitrogens with zero attached hydrogens (tertiary/aromatic N) is 6. The Balaban J connectivity index is 1.50. The van der Waals surface area contributed by atoms with E-state index in [9.17, 15) is 4.79 Å². The zero-order chi connectivity index (χ0) is 17.9. The summed E-state index contributed by atoms with van der Waals surface area (Å²) < 4.78 is 1.44. The third-order valence-corrected chi connectivity index (χ3v) is 6.13. The van der Waals surface area contributed by atoms with Gasteiger partial charge >= 0.3 is 0 Å². The van der Waals surface area contributed by atoms with Crippen molar-refractivity contribution in [3.05, 3.63) is 38.7 Å². The quantitative estimate of drug-likeness (QED) is 0.666. The van der Waals surface area contributed by atoms with Gasteiger partial charge in [0.25, 0.3) is 5.56 Å². The van der Waals surface area contributed by atoms with Gasteiger partial charge in [0.1, 0.15) is 0 Å². The molecule has 3 aromatic heterocycles. The first kappa shape index (κ1) is 17.6. The van der Waals surface area contributed by atoms with Crippen LogP contribution in [0.2, 0.25) is 0 Å². The Morgan fingerprint density at radius 1 is 1.19 bits per heavy atom. The molecule has 1 aliphatic heterocycles. The molecule has 1 aliphatic rings. The van der Waals surface area contributed by atoms with Gasteiger partial charge in [0.05, 0.1) is 11.2 Å². The average molecular weight is 391 g/mol. The van der Waals surface area contributed by atoms with Crippen LogP contribution in [0.15, 0.2) is 21.8 Å². The molecule has 7 nitrogen and oxygen atoms in total. The Hall–Kier alpha value is -1.84. The Kier molecular flexibility index (Phi) is 5.28. The van der Waals surface area contributed by atoms with Crippen molar-refractivity contribution in [2.75, 3.05) is 31.1 Å². The highest BCUT2D eigenvalue weighted by atomic mass is 32.1. The molecule has 9 heteroatoms. The van der Waals surface area contributed by atoms with Crippen LogP contribution in [0.4, 0.5) is 5.13 Å². The molecular formula is C17H22N6OS2. The first-order valence-corrected chi connectivity index (χ1v) is 10.7. The SMILES string of the molecule is CCCc1cc(=O)n2nc(N3CCCN(Cc4cscn4)CC3)sc2n1. The van der Waals surface area contributed by atoms with Crippen LogP contribution in [0.3, 0.4) is 0 Å². The Morgan fingerprint density at radius 2 is 2.12 bits per heavy atom. The fourth-order valence-corrected chi connectivity index (χ4v) is 4.75. The summed E-state index contributed by atoms with van der Waals surface area (Å²) in [5, 5.41) is 7.54. The second kappa shape index (κ2) is 7.81. The number of fused-ring (bicyclic) bond motifs is 1. The van der Waals surface area contributed by atoms with Crippen LogP contribution in [0, 0.1) is 0 Å². The molecule has 0 aromatic carbocycles. The third-order valence-electron chi connectivity index (χ3n) is 4.52. The first-order valence-electron chi connectivity index (χ1n) is 8.97. The molecule has 3 aromatic rings. The number of rotatable bonds is 5. The lowest BCUT2D eigenvalue weighted by atomic mass is 10.2. The fraction of sp³-hybridized carbons (Fsp3) is 0.529. The monoisotopic (exact) mass is 390 g/mol. The molecule has 0 unspecified atom stereocenters. The summed E-state index contributed by atoms with van der Waals surface area (Å²) >= 11 is 3.15. The van der Waals surface area contributed by atoms with Gasteiger partial charge in [-0.3, -0.25) is 9.69 Å². The zero-order valence-corrected chi connectivity index (χ0v) is 16.4. The van der Waals surface area contributed by atoms with Crippen LogP contribution < -0.4 is 10.5 Å². The highest BCUT2D eigenvalue weighted by Gasteiger charge is 2.19. The van der Waals surface area contributed by atoms with Crippen LogP contribution >= 0.6 is 22.7 Å². The lowest BCUT2D eigenvalue weighted by Gasteiger charge is -2.20. The molecular weight excluding hydrogens is 368 g/mol. The second-order valence-corrected chi connectivity index (χ2v) is 8.16. The number of anilines is 1. The molecule has 0 amide bonds. The molecule has 1 fully saturated rings. The first-order chi connectivity index (χ1) is 12.7. The van der Waals surface area contributed by atoms with Gasteiger partial charge in [-0.1, -0.05) is 24.7 Å². The molecule has 1 saturated heterocycles. The average Bonchev–Trinajstić information content (AvgIpc) is 3.22. The van der Waals surface area contributed by atoms with Crippen LogP contribution in [-0.4, -0.2) is 50.7 Å². The Bertz CT molecular complexity index is 919. The summed E-state index contributed by atoms with van der Waals surface area (Å²) in [6.07, 6.45) is 2.88. The summed E-state index contributed by atoms with van der Waals surface area (Å²) in [7, 11) is 0. The second-order valence-electron chi connectivity index (χ2n) is 6.51. The maximum Gasteiger partial charge on any atom is 0.275 e. The minimum absolute atomic E-state index is 0.0825. The predicted molar refractivity (Wildman–Crippen MR) is 105 cm³/mol. The molecule has 4 heterocycles. The summed E-state index contributed by atoms with van der Waals surface area (Å²) in [5.41, 5.74) is 3.81. The van der Waals surface area contributed by atoms with Crippen molar-refractivity contribution in [2.24, 2.45) is 0 Å². The largest absolute Gasteiger partial charge is 0.345 e.